The van der Waals surface area contributed by atoms with Crippen LogP contribution in [0.3, 0.4) is 0 Å². The monoisotopic (exact) mass is 284 g/mol. The van der Waals surface area contributed by atoms with Crippen LogP contribution < -0.4 is 15.1 Å². The molecular formula is C16H20N4O. The molecule has 1 heterocycles. The second-order valence-electron chi connectivity index (χ2n) is 5.17. The molecule has 0 spiro atoms. The molecule has 1 amide bonds. The molecule has 0 radical (unpaired) electrons. The van der Waals surface area contributed by atoms with Gasteiger partial charge in [-0.2, -0.15) is 0 Å². The van der Waals surface area contributed by atoms with E-state index in [4.69, 9.17) is 0 Å². The van der Waals surface area contributed by atoms with Crippen molar-refractivity contribution in [2.45, 2.75) is 0 Å². The van der Waals surface area contributed by atoms with E-state index >= 15 is 0 Å². The minimum Gasteiger partial charge on any atom is -0.376 e. The normalized spacial score (nSPS) is 10.1. The highest BCUT2D eigenvalue weighted by atomic mass is 16.1. The van der Waals surface area contributed by atoms with Crippen LogP contribution >= 0.6 is 0 Å². The number of hydrogen-bond acceptors (Lipinski definition) is 4. The molecule has 0 fully saturated rings. The fourth-order valence-corrected chi connectivity index (χ4v) is 1.95. The van der Waals surface area contributed by atoms with E-state index in [0.29, 0.717) is 5.56 Å². The predicted octanol–water partition coefficient (Wildman–Crippen LogP) is 2.47. The Labute approximate surface area is 125 Å². The Morgan fingerprint density at radius 2 is 1.71 bits per heavy atom. The number of para-hydroxylation sites is 2. The first-order valence-electron chi connectivity index (χ1n) is 6.70. The Balaban J connectivity index is 2.18. The fraction of sp³-hybridized carbons (Fsp3) is 0.250. The maximum atomic E-state index is 12.3. The first-order valence-corrected chi connectivity index (χ1v) is 6.70. The fourth-order valence-electron chi connectivity index (χ4n) is 1.95. The highest BCUT2D eigenvalue weighted by Gasteiger charge is 2.10. The predicted molar refractivity (Wildman–Crippen MR) is 87.3 cm³/mol. The summed E-state index contributed by atoms with van der Waals surface area (Å²) in [7, 11) is 7.71. The third kappa shape index (κ3) is 3.51. The van der Waals surface area contributed by atoms with Gasteiger partial charge in [0.25, 0.3) is 5.91 Å². The SMILES string of the molecule is CN(C)c1ccc(C(=O)Nc2ccccc2N(C)C)cn1. The molecule has 2 aromatic rings. The van der Waals surface area contributed by atoms with Crippen LogP contribution in [0.5, 0.6) is 0 Å². The van der Waals surface area contributed by atoms with Crippen molar-refractivity contribution < 1.29 is 4.79 Å². The highest BCUT2D eigenvalue weighted by molar-refractivity contribution is 6.05. The van der Waals surface area contributed by atoms with Gasteiger partial charge in [-0.25, -0.2) is 4.98 Å². The number of amides is 1. The number of carbonyl (C=O) groups excluding carboxylic acids is 1. The van der Waals surface area contributed by atoms with Crippen LogP contribution in [0.2, 0.25) is 0 Å². The molecule has 1 aromatic carbocycles. The zero-order valence-electron chi connectivity index (χ0n) is 12.8. The van der Waals surface area contributed by atoms with Crippen molar-refractivity contribution in [2.24, 2.45) is 0 Å². The van der Waals surface area contributed by atoms with Crippen LogP contribution in [-0.4, -0.2) is 39.1 Å². The molecule has 110 valence electrons. The molecule has 21 heavy (non-hydrogen) atoms. The minimum absolute atomic E-state index is 0.165. The van der Waals surface area contributed by atoms with Crippen molar-refractivity contribution in [3.8, 4) is 0 Å². The van der Waals surface area contributed by atoms with Gasteiger partial charge in [0.1, 0.15) is 5.82 Å². The van der Waals surface area contributed by atoms with Gasteiger partial charge in [-0.05, 0) is 24.3 Å². The summed E-state index contributed by atoms with van der Waals surface area (Å²) in [5, 5.41) is 2.92. The molecular weight excluding hydrogens is 264 g/mol. The van der Waals surface area contributed by atoms with Gasteiger partial charge >= 0.3 is 0 Å². The summed E-state index contributed by atoms with van der Waals surface area (Å²) in [4.78, 5) is 20.4. The van der Waals surface area contributed by atoms with Crippen LogP contribution in [0.25, 0.3) is 0 Å². The molecule has 0 saturated heterocycles. The van der Waals surface area contributed by atoms with E-state index in [9.17, 15) is 4.79 Å². The molecule has 5 heteroatoms. The number of rotatable bonds is 4. The van der Waals surface area contributed by atoms with Crippen LogP contribution in [0, 0.1) is 0 Å². The van der Waals surface area contributed by atoms with Gasteiger partial charge in [0.05, 0.1) is 16.9 Å². The number of pyridine rings is 1. The quantitative estimate of drug-likeness (QED) is 0.937. The summed E-state index contributed by atoms with van der Waals surface area (Å²) in [6.45, 7) is 0. The summed E-state index contributed by atoms with van der Waals surface area (Å²) in [5.41, 5.74) is 2.28. The summed E-state index contributed by atoms with van der Waals surface area (Å²) < 4.78 is 0. The smallest absolute Gasteiger partial charge is 0.257 e. The van der Waals surface area contributed by atoms with Gasteiger partial charge in [-0.1, -0.05) is 12.1 Å². The molecule has 0 aliphatic heterocycles. The van der Waals surface area contributed by atoms with E-state index in [1.165, 1.54) is 0 Å². The second kappa shape index (κ2) is 6.26. The Morgan fingerprint density at radius 3 is 2.29 bits per heavy atom. The lowest BCUT2D eigenvalue weighted by atomic mass is 10.2. The molecule has 0 bridgehead atoms. The van der Waals surface area contributed by atoms with Crippen LogP contribution in [-0.2, 0) is 0 Å². The molecule has 0 saturated carbocycles. The van der Waals surface area contributed by atoms with E-state index in [-0.39, 0.29) is 5.91 Å². The Morgan fingerprint density at radius 1 is 1.00 bits per heavy atom. The van der Waals surface area contributed by atoms with Crippen molar-refractivity contribution in [2.75, 3.05) is 43.3 Å². The maximum Gasteiger partial charge on any atom is 0.257 e. The topological polar surface area (TPSA) is 48.5 Å². The standard InChI is InChI=1S/C16H20N4O/c1-19(2)14-8-6-5-7-13(14)18-16(21)12-9-10-15(17-11-12)20(3)4/h5-11H,1-4H3,(H,18,21). The Hall–Kier alpha value is -2.56. The zero-order valence-corrected chi connectivity index (χ0v) is 12.8. The summed E-state index contributed by atoms with van der Waals surface area (Å²) >= 11 is 0. The van der Waals surface area contributed by atoms with E-state index in [1.54, 1.807) is 12.3 Å². The van der Waals surface area contributed by atoms with Gasteiger partial charge < -0.3 is 15.1 Å². The molecule has 0 aliphatic carbocycles. The van der Waals surface area contributed by atoms with E-state index in [1.807, 2.05) is 68.3 Å². The summed E-state index contributed by atoms with van der Waals surface area (Å²) in [6.07, 6.45) is 1.59. The number of aromatic nitrogens is 1. The largest absolute Gasteiger partial charge is 0.376 e. The summed E-state index contributed by atoms with van der Waals surface area (Å²) in [5.74, 6) is 0.655. The molecule has 0 atom stereocenters. The van der Waals surface area contributed by atoms with Gasteiger partial charge in [0.15, 0.2) is 0 Å². The number of carbonyl (C=O) groups is 1. The zero-order chi connectivity index (χ0) is 15.4. The van der Waals surface area contributed by atoms with Gasteiger partial charge in [0.2, 0.25) is 0 Å². The third-order valence-electron chi connectivity index (χ3n) is 3.10. The highest BCUT2D eigenvalue weighted by Crippen LogP contribution is 2.24. The minimum atomic E-state index is -0.165. The Bertz CT molecular complexity index is 620. The molecule has 0 aliphatic rings. The average molecular weight is 284 g/mol. The third-order valence-corrected chi connectivity index (χ3v) is 3.10. The van der Waals surface area contributed by atoms with Crippen molar-refractivity contribution >= 4 is 23.1 Å². The first-order chi connectivity index (χ1) is 9.99. The number of nitrogens with one attached hydrogen (secondary N) is 1. The average Bonchev–Trinajstić information content (AvgIpc) is 2.47. The van der Waals surface area contributed by atoms with Gasteiger partial charge in [-0.15, -0.1) is 0 Å². The molecule has 1 N–H and O–H groups in total. The molecule has 0 unspecified atom stereocenters. The number of hydrogen-bond donors (Lipinski definition) is 1. The Kier molecular flexibility index (Phi) is 4.42. The van der Waals surface area contributed by atoms with Gasteiger partial charge in [-0.3, -0.25) is 4.79 Å². The van der Waals surface area contributed by atoms with Crippen molar-refractivity contribution in [1.82, 2.24) is 4.98 Å². The van der Waals surface area contributed by atoms with Crippen LogP contribution in [0.15, 0.2) is 42.6 Å². The van der Waals surface area contributed by atoms with E-state index < -0.39 is 0 Å². The second-order valence-corrected chi connectivity index (χ2v) is 5.17. The van der Waals surface area contributed by atoms with Crippen LogP contribution in [0.4, 0.5) is 17.2 Å². The molecule has 5 nitrogen and oxygen atoms in total. The number of benzene rings is 1. The van der Waals surface area contributed by atoms with E-state index in [0.717, 1.165) is 17.2 Å². The maximum absolute atomic E-state index is 12.3. The number of anilines is 3. The number of nitrogens with zero attached hydrogens (tertiary/aromatic N) is 3. The van der Waals surface area contributed by atoms with Crippen molar-refractivity contribution in [3.05, 3.63) is 48.2 Å². The molecule has 1 aromatic heterocycles. The lowest BCUT2D eigenvalue weighted by molar-refractivity contribution is 0.102. The van der Waals surface area contributed by atoms with Crippen LogP contribution in [0.1, 0.15) is 10.4 Å². The molecule has 2 rings (SSSR count). The van der Waals surface area contributed by atoms with E-state index in [2.05, 4.69) is 10.3 Å². The van der Waals surface area contributed by atoms with Gasteiger partial charge in [0, 0.05) is 34.4 Å². The van der Waals surface area contributed by atoms with Crippen molar-refractivity contribution in [3.63, 3.8) is 0 Å². The summed E-state index contributed by atoms with van der Waals surface area (Å²) in [6, 6.07) is 11.3. The lowest BCUT2D eigenvalue weighted by Gasteiger charge is -2.17. The first kappa shape index (κ1) is 14.8. The lowest BCUT2D eigenvalue weighted by Crippen LogP contribution is -2.17. The van der Waals surface area contributed by atoms with Crippen molar-refractivity contribution in [1.29, 1.82) is 0 Å².